The highest BCUT2D eigenvalue weighted by Gasteiger charge is 2.21. The molecule has 1 saturated heterocycles. The Balaban J connectivity index is 1.34. The standard InChI is InChI=1S/C22H21N9O3/c32-18-2-1-7-30(18)8-9-31-12-25-19-20(26-14-3-4-15-16(10-14)34-13-33-15)28-22(29-21(19)31)27-17-11-23-5-6-24-17/h3-6,10-12H,1-2,7-9,13H2,(H2,24,26,27,28,29). The van der Waals surface area contributed by atoms with Crippen molar-refractivity contribution in [2.24, 2.45) is 0 Å². The Morgan fingerprint density at radius 3 is 2.82 bits per heavy atom. The number of imidazole rings is 1. The summed E-state index contributed by atoms with van der Waals surface area (Å²) in [5, 5.41) is 6.42. The second-order valence-electron chi connectivity index (χ2n) is 7.90. The van der Waals surface area contributed by atoms with Crippen molar-refractivity contribution in [2.75, 3.05) is 30.5 Å². The van der Waals surface area contributed by atoms with Crippen molar-refractivity contribution >= 4 is 40.3 Å². The normalized spacial score (nSPS) is 14.7. The molecular formula is C22H21N9O3. The number of ether oxygens (including phenoxy) is 2. The number of amides is 1. The summed E-state index contributed by atoms with van der Waals surface area (Å²) < 4.78 is 12.8. The quantitative estimate of drug-likeness (QED) is 0.425. The van der Waals surface area contributed by atoms with Gasteiger partial charge in [-0.15, -0.1) is 0 Å². The van der Waals surface area contributed by atoms with Crippen LogP contribution in [0.1, 0.15) is 12.8 Å². The van der Waals surface area contributed by atoms with E-state index in [4.69, 9.17) is 9.47 Å². The average molecular weight is 459 g/mol. The zero-order valence-corrected chi connectivity index (χ0v) is 18.1. The minimum absolute atomic E-state index is 0.189. The summed E-state index contributed by atoms with van der Waals surface area (Å²) >= 11 is 0. The SMILES string of the molecule is O=C1CCCN1CCn1cnc2c(Nc3ccc4c(c3)OCO4)nc(Nc3cnccn3)nc21. The summed E-state index contributed by atoms with van der Waals surface area (Å²) in [5.41, 5.74) is 2.01. The van der Waals surface area contributed by atoms with Crippen LogP contribution in [-0.2, 0) is 11.3 Å². The molecule has 1 fully saturated rings. The maximum Gasteiger partial charge on any atom is 0.232 e. The lowest BCUT2D eigenvalue weighted by Crippen LogP contribution is -2.28. The predicted octanol–water partition coefficient (Wildman–Crippen LogP) is 2.45. The highest BCUT2D eigenvalue weighted by molar-refractivity contribution is 5.87. The topological polar surface area (TPSA) is 132 Å². The van der Waals surface area contributed by atoms with Gasteiger partial charge in [-0.3, -0.25) is 9.78 Å². The maximum atomic E-state index is 12.0. The van der Waals surface area contributed by atoms with Crippen LogP contribution in [0, 0.1) is 0 Å². The van der Waals surface area contributed by atoms with Gasteiger partial charge in [-0.2, -0.15) is 9.97 Å². The molecule has 4 aromatic rings. The number of nitrogens with zero attached hydrogens (tertiary/aromatic N) is 7. The fourth-order valence-electron chi connectivity index (χ4n) is 4.01. The molecule has 12 heteroatoms. The molecule has 2 N–H and O–H groups in total. The van der Waals surface area contributed by atoms with E-state index in [0.29, 0.717) is 59.8 Å². The van der Waals surface area contributed by atoms with E-state index < -0.39 is 0 Å². The van der Waals surface area contributed by atoms with Gasteiger partial charge in [-0.05, 0) is 18.6 Å². The van der Waals surface area contributed by atoms with Crippen LogP contribution in [0.3, 0.4) is 0 Å². The number of carbonyl (C=O) groups excluding carboxylic acids is 1. The Hall–Kier alpha value is -4.48. The molecule has 2 aliphatic rings. The first-order chi connectivity index (χ1) is 16.7. The fourth-order valence-corrected chi connectivity index (χ4v) is 4.01. The lowest BCUT2D eigenvalue weighted by atomic mass is 10.2. The summed E-state index contributed by atoms with van der Waals surface area (Å²) in [6.45, 7) is 2.17. The molecule has 0 atom stereocenters. The largest absolute Gasteiger partial charge is 0.454 e. The number of aromatic nitrogens is 6. The minimum Gasteiger partial charge on any atom is -0.454 e. The van der Waals surface area contributed by atoms with E-state index in [1.165, 1.54) is 0 Å². The van der Waals surface area contributed by atoms with Crippen LogP contribution in [0.5, 0.6) is 11.5 Å². The van der Waals surface area contributed by atoms with Gasteiger partial charge in [-0.1, -0.05) is 0 Å². The molecule has 0 unspecified atom stereocenters. The van der Waals surface area contributed by atoms with Crippen molar-refractivity contribution in [3.63, 3.8) is 0 Å². The number of rotatable bonds is 7. The third-order valence-electron chi connectivity index (χ3n) is 5.68. The third-order valence-corrected chi connectivity index (χ3v) is 5.68. The third kappa shape index (κ3) is 3.89. The van der Waals surface area contributed by atoms with Crippen LogP contribution in [0.15, 0.2) is 43.1 Å². The average Bonchev–Trinajstić information content (AvgIpc) is 3.58. The van der Waals surface area contributed by atoms with Gasteiger partial charge < -0.3 is 29.6 Å². The van der Waals surface area contributed by atoms with E-state index in [1.807, 2.05) is 27.7 Å². The van der Waals surface area contributed by atoms with Crippen LogP contribution in [0.4, 0.5) is 23.3 Å². The number of carbonyl (C=O) groups is 1. The molecule has 0 bridgehead atoms. The number of hydrogen-bond acceptors (Lipinski definition) is 10. The van der Waals surface area contributed by atoms with Crippen LogP contribution in [-0.4, -0.2) is 60.2 Å². The number of anilines is 4. The second-order valence-corrected chi connectivity index (χ2v) is 7.90. The predicted molar refractivity (Wildman–Crippen MR) is 122 cm³/mol. The molecule has 6 rings (SSSR count). The molecule has 0 spiro atoms. The first-order valence-electron chi connectivity index (χ1n) is 10.9. The Kier molecular flexibility index (Phi) is 5.02. The van der Waals surface area contributed by atoms with E-state index in [0.717, 1.165) is 18.7 Å². The molecule has 1 aromatic carbocycles. The Morgan fingerprint density at radius 1 is 1.03 bits per heavy atom. The van der Waals surface area contributed by atoms with Crippen molar-refractivity contribution < 1.29 is 14.3 Å². The monoisotopic (exact) mass is 459 g/mol. The van der Waals surface area contributed by atoms with Crippen molar-refractivity contribution in [3.8, 4) is 11.5 Å². The summed E-state index contributed by atoms with van der Waals surface area (Å²) in [6.07, 6.45) is 8.01. The molecule has 12 nitrogen and oxygen atoms in total. The van der Waals surface area contributed by atoms with Crippen molar-refractivity contribution in [1.29, 1.82) is 0 Å². The second kappa shape index (κ2) is 8.46. The van der Waals surface area contributed by atoms with Gasteiger partial charge >= 0.3 is 0 Å². The van der Waals surface area contributed by atoms with E-state index in [-0.39, 0.29) is 12.7 Å². The first kappa shape index (κ1) is 20.1. The highest BCUT2D eigenvalue weighted by atomic mass is 16.7. The van der Waals surface area contributed by atoms with Gasteiger partial charge in [0.2, 0.25) is 18.6 Å². The van der Waals surface area contributed by atoms with Gasteiger partial charge in [0, 0.05) is 50.2 Å². The zero-order chi connectivity index (χ0) is 22.9. The number of likely N-dealkylation sites (tertiary alicyclic amines) is 1. The summed E-state index contributed by atoms with van der Waals surface area (Å²) in [4.78, 5) is 36.1. The summed E-state index contributed by atoms with van der Waals surface area (Å²) in [5.74, 6) is 2.93. The smallest absolute Gasteiger partial charge is 0.232 e. The molecule has 172 valence electrons. The van der Waals surface area contributed by atoms with Crippen LogP contribution >= 0.6 is 0 Å². The van der Waals surface area contributed by atoms with Crippen molar-refractivity contribution in [2.45, 2.75) is 19.4 Å². The Labute approximate surface area is 194 Å². The van der Waals surface area contributed by atoms with Gasteiger partial charge in [0.15, 0.2) is 34.3 Å². The van der Waals surface area contributed by atoms with E-state index in [2.05, 4.69) is 35.6 Å². The van der Waals surface area contributed by atoms with Gasteiger partial charge in [-0.25, -0.2) is 9.97 Å². The maximum absolute atomic E-state index is 12.0. The molecule has 3 aromatic heterocycles. The Morgan fingerprint density at radius 2 is 1.97 bits per heavy atom. The van der Waals surface area contributed by atoms with Crippen molar-refractivity contribution in [1.82, 2.24) is 34.4 Å². The van der Waals surface area contributed by atoms with Crippen LogP contribution in [0.25, 0.3) is 11.2 Å². The molecular weight excluding hydrogens is 438 g/mol. The molecule has 2 aliphatic heterocycles. The number of hydrogen-bond donors (Lipinski definition) is 2. The zero-order valence-electron chi connectivity index (χ0n) is 18.1. The van der Waals surface area contributed by atoms with E-state index >= 15 is 0 Å². The molecule has 0 radical (unpaired) electrons. The summed E-state index contributed by atoms with van der Waals surface area (Å²) in [6, 6.07) is 5.57. The highest BCUT2D eigenvalue weighted by Crippen LogP contribution is 2.35. The lowest BCUT2D eigenvalue weighted by Gasteiger charge is -2.16. The number of nitrogens with one attached hydrogen (secondary N) is 2. The Bertz CT molecular complexity index is 1360. The van der Waals surface area contributed by atoms with Crippen LogP contribution in [0.2, 0.25) is 0 Å². The molecule has 0 saturated carbocycles. The number of fused-ring (bicyclic) bond motifs is 2. The van der Waals surface area contributed by atoms with E-state index in [9.17, 15) is 4.79 Å². The molecule has 34 heavy (non-hydrogen) atoms. The minimum atomic E-state index is 0.189. The number of benzene rings is 1. The summed E-state index contributed by atoms with van der Waals surface area (Å²) in [7, 11) is 0. The van der Waals surface area contributed by atoms with Crippen molar-refractivity contribution in [3.05, 3.63) is 43.1 Å². The molecule has 0 aliphatic carbocycles. The van der Waals surface area contributed by atoms with E-state index in [1.54, 1.807) is 24.9 Å². The lowest BCUT2D eigenvalue weighted by molar-refractivity contribution is -0.127. The molecule has 1 amide bonds. The molecule has 5 heterocycles. The fraction of sp³-hybridized carbons (Fsp3) is 0.273. The van der Waals surface area contributed by atoms with Crippen LogP contribution < -0.4 is 20.1 Å². The van der Waals surface area contributed by atoms with Gasteiger partial charge in [0.1, 0.15) is 0 Å². The first-order valence-corrected chi connectivity index (χ1v) is 10.9. The van der Waals surface area contributed by atoms with Gasteiger partial charge in [0.25, 0.3) is 0 Å². The van der Waals surface area contributed by atoms with Gasteiger partial charge in [0.05, 0.1) is 12.5 Å².